The Morgan fingerprint density at radius 1 is 1.06 bits per heavy atom. The fraction of sp³-hybridized carbons (Fsp3) is 0.783. The van der Waals surface area contributed by atoms with Crippen LogP contribution in [0.15, 0.2) is 4.79 Å². The number of nitrogens with zero attached hydrogens (tertiary/aromatic N) is 3. The second-order valence-corrected chi connectivity index (χ2v) is 9.21. The van der Waals surface area contributed by atoms with Crippen LogP contribution in [0.25, 0.3) is 0 Å². The zero-order valence-electron chi connectivity index (χ0n) is 19.3. The molecule has 0 unspecified atom stereocenters. The molecule has 1 aromatic rings. The molecule has 3 heterocycles. The van der Waals surface area contributed by atoms with Gasteiger partial charge in [-0.05, 0) is 26.2 Å². The summed E-state index contributed by atoms with van der Waals surface area (Å²) in [5.74, 6) is 0.591. The number of ether oxygens (including phenoxy) is 2. The van der Waals surface area contributed by atoms with Crippen molar-refractivity contribution in [2.75, 3.05) is 64.1 Å². The van der Waals surface area contributed by atoms with Crippen LogP contribution in [0.2, 0.25) is 0 Å². The molecule has 9 heteroatoms. The lowest BCUT2D eigenvalue weighted by atomic mass is 9.79. The molecule has 0 bridgehead atoms. The maximum absolute atomic E-state index is 12.7. The van der Waals surface area contributed by atoms with Crippen LogP contribution >= 0.6 is 0 Å². The minimum atomic E-state index is -0.149. The third-order valence-electron chi connectivity index (χ3n) is 7.20. The lowest BCUT2D eigenvalue weighted by Gasteiger charge is -2.48. The van der Waals surface area contributed by atoms with Crippen molar-refractivity contribution in [2.45, 2.75) is 57.4 Å². The van der Waals surface area contributed by atoms with Crippen molar-refractivity contribution in [1.82, 2.24) is 20.2 Å². The zero-order valence-corrected chi connectivity index (χ0v) is 19.3. The first-order chi connectivity index (χ1) is 15.6. The van der Waals surface area contributed by atoms with Crippen LogP contribution in [-0.2, 0) is 20.7 Å². The van der Waals surface area contributed by atoms with Crippen molar-refractivity contribution in [3.05, 3.63) is 21.6 Å². The summed E-state index contributed by atoms with van der Waals surface area (Å²) in [7, 11) is 0. The molecule has 3 fully saturated rings. The highest BCUT2D eigenvalue weighted by atomic mass is 16.5. The van der Waals surface area contributed by atoms with E-state index in [1.165, 1.54) is 19.3 Å². The van der Waals surface area contributed by atoms with Gasteiger partial charge in [0, 0.05) is 55.9 Å². The van der Waals surface area contributed by atoms with Crippen molar-refractivity contribution in [2.24, 2.45) is 0 Å². The monoisotopic (exact) mass is 447 g/mol. The second kappa shape index (κ2) is 10.8. The fourth-order valence-corrected chi connectivity index (χ4v) is 5.26. The van der Waals surface area contributed by atoms with E-state index >= 15 is 0 Å². The van der Waals surface area contributed by atoms with Gasteiger partial charge in [0.05, 0.1) is 26.4 Å². The first-order valence-electron chi connectivity index (χ1n) is 12.1. The third kappa shape index (κ3) is 5.50. The van der Waals surface area contributed by atoms with Gasteiger partial charge in [0.1, 0.15) is 0 Å². The number of amides is 1. The number of hydrogen-bond donors (Lipinski definition) is 2. The van der Waals surface area contributed by atoms with Gasteiger partial charge < -0.3 is 19.7 Å². The Morgan fingerprint density at radius 3 is 2.38 bits per heavy atom. The number of nitrogens with one attached hydrogen (secondary N) is 2. The van der Waals surface area contributed by atoms with E-state index in [-0.39, 0.29) is 17.0 Å². The standard InChI is InChI=1S/C23H37N5O4/c1-18-19(21(30)26-22(25-18)27-9-13-31-14-10-27)5-6-20(29)24-17-23(7-3-2-4-8-23)28-11-15-32-16-12-28/h2-17H2,1H3,(H,24,29)(H,25,26,30). The van der Waals surface area contributed by atoms with Gasteiger partial charge in [-0.2, -0.15) is 0 Å². The SMILES string of the molecule is Cc1nc(N2CCOCC2)[nH]c(=O)c1CCC(=O)NCC1(N2CCOCC2)CCCCC1. The normalized spacial score (nSPS) is 22.0. The molecule has 0 atom stereocenters. The number of aryl methyl sites for hydroxylation is 1. The van der Waals surface area contributed by atoms with E-state index in [0.717, 1.165) is 52.2 Å². The number of hydrogen-bond acceptors (Lipinski definition) is 7. The van der Waals surface area contributed by atoms with Crippen molar-refractivity contribution < 1.29 is 14.3 Å². The van der Waals surface area contributed by atoms with E-state index < -0.39 is 0 Å². The number of anilines is 1. The summed E-state index contributed by atoms with van der Waals surface area (Å²) in [5, 5.41) is 3.19. The van der Waals surface area contributed by atoms with Gasteiger partial charge in [0.25, 0.3) is 5.56 Å². The van der Waals surface area contributed by atoms with Gasteiger partial charge in [-0.15, -0.1) is 0 Å². The molecular formula is C23H37N5O4. The first kappa shape index (κ1) is 23.2. The highest BCUT2D eigenvalue weighted by Gasteiger charge is 2.38. The van der Waals surface area contributed by atoms with E-state index in [1.807, 2.05) is 11.8 Å². The number of H-pyrrole nitrogens is 1. The topological polar surface area (TPSA) is 99.8 Å². The molecule has 3 aliphatic rings. The van der Waals surface area contributed by atoms with Gasteiger partial charge in [0.2, 0.25) is 11.9 Å². The Morgan fingerprint density at radius 2 is 1.72 bits per heavy atom. The Kier molecular flexibility index (Phi) is 7.80. The summed E-state index contributed by atoms with van der Waals surface area (Å²) in [6.45, 7) is 8.64. The molecule has 9 nitrogen and oxygen atoms in total. The largest absolute Gasteiger partial charge is 0.379 e. The lowest BCUT2D eigenvalue weighted by molar-refractivity contribution is -0.122. The summed E-state index contributed by atoms with van der Waals surface area (Å²) in [6, 6.07) is 0. The number of aromatic nitrogens is 2. The van der Waals surface area contributed by atoms with Crippen LogP contribution in [0.5, 0.6) is 0 Å². The van der Waals surface area contributed by atoms with Gasteiger partial charge >= 0.3 is 0 Å². The lowest BCUT2D eigenvalue weighted by Crippen LogP contribution is -2.59. The minimum absolute atomic E-state index is 0.000682. The average molecular weight is 448 g/mol. The minimum Gasteiger partial charge on any atom is -0.379 e. The predicted octanol–water partition coefficient (Wildman–Crippen LogP) is 0.999. The quantitative estimate of drug-likeness (QED) is 0.643. The van der Waals surface area contributed by atoms with Crippen LogP contribution in [0.4, 0.5) is 5.95 Å². The molecule has 32 heavy (non-hydrogen) atoms. The van der Waals surface area contributed by atoms with Gasteiger partial charge in [-0.1, -0.05) is 19.3 Å². The van der Waals surface area contributed by atoms with Gasteiger partial charge in [0.15, 0.2) is 0 Å². The van der Waals surface area contributed by atoms with E-state index in [0.29, 0.717) is 49.8 Å². The van der Waals surface area contributed by atoms with E-state index in [9.17, 15) is 9.59 Å². The van der Waals surface area contributed by atoms with Crippen LogP contribution < -0.4 is 15.8 Å². The van der Waals surface area contributed by atoms with Gasteiger partial charge in [-0.3, -0.25) is 19.5 Å². The highest BCUT2D eigenvalue weighted by molar-refractivity contribution is 5.76. The molecule has 4 rings (SSSR count). The fourth-order valence-electron chi connectivity index (χ4n) is 5.26. The van der Waals surface area contributed by atoms with Crippen molar-refractivity contribution in [3.8, 4) is 0 Å². The number of carbonyl (C=O) groups is 1. The van der Waals surface area contributed by atoms with E-state index in [4.69, 9.17) is 9.47 Å². The zero-order chi connectivity index (χ0) is 22.4. The van der Waals surface area contributed by atoms with Crippen LogP contribution in [0.1, 0.15) is 49.8 Å². The molecule has 0 aromatic carbocycles. The molecule has 0 radical (unpaired) electrons. The second-order valence-electron chi connectivity index (χ2n) is 9.21. The smallest absolute Gasteiger partial charge is 0.255 e. The summed E-state index contributed by atoms with van der Waals surface area (Å²) in [6.07, 6.45) is 6.63. The highest BCUT2D eigenvalue weighted by Crippen LogP contribution is 2.33. The summed E-state index contributed by atoms with van der Waals surface area (Å²) in [4.78, 5) is 37.4. The number of morpholine rings is 2. The molecule has 0 spiro atoms. The van der Waals surface area contributed by atoms with Crippen LogP contribution in [0.3, 0.4) is 0 Å². The molecule has 2 saturated heterocycles. The van der Waals surface area contributed by atoms with E-state index in [1.54, 1.807) is 0 Å². The third-order valence-corrected chi connectivity index (χ3v) is 7.20. The Bertz CT molecular complexity index is 824. The van der Waals surface area contributed by atoms with E-state index in [2.05, 4.69) is 20.2 Å². The van der Waals surface area contributed by atoms with Crippen molar-refractivity contribution in [1.29, 1.82) is 0 Å². The molecule has 1 aliphatic carbocycles. The van der Waals surface area contributed by atoms with Crippen molar-refractivity contribution >= 4 is 11.9 Å². The number of aromatic amines is 1. The number of carbonyl (C=O) groups excluding carboxylic acids is 1. The molecule has 1 saturated carbocycles. The summed E-state index contributed by atoms with van der Waals surface area (Å²) < 4.78 is 10.9. The predicted molar refractivity (Wildman–Crippen MR) is 122 cm³/mol. The number of rotatable bonds is 7. The van der Waals surface area contributed by atoms with Crippen molar-refractivity contribution in [3.63, 3.8) is 0 Å². The Hall–Kier alpha value is -1.97. The van der Waals surface area contributed by atoms with Crippen LogP contribution in [0, 0.1) is 6.92 Å². The summed E-state index contributed by atoms with van der Waals surface area (Å²) >= 11 is 0. The average Bonchev–Trinajstić information content (AvgIpc) is 2.84. The molecule has 2 N–H and O–H groups in total. The maximum atomic E-state index is 12.7. The Balaban J connectivity index is 1.33. The maximum Gasteiger partial charge on any atom is 0.255 e. The molecule has 1 amide bonds. The first-order valence-corrected chi connectivity index (χ1v) is 12.1. The van der Waals surface area contributed by atoms with Gasteiger partial charge in [-0.25, -0.2) is 4.98 Å². The molecular weight excluding hydrogens is 410 g/mol. The molecule has 2 aliphatic heterocycles. The van der Waals surface area contributed by atoms with Crippen LogP contribution in [-0.4, -0.2) is 85.5 Å². The molecule has 1 aromatic heterocycles. The summed E-state index contributed by atoms with van der Waals surface area (Å²) in [5.41, 5.74) is 1.19. The Labute approximate surface area is 189 Å². The molecule has 178 valence electrons.